The van der Waals surface area contributed by atoms with Crippen molar-refractivity contribution in [2.24, 2.45) is 10.7 Å². The molecule has 0 amide bonds. The van der Waals surface area contributed by atoms with Crippen LogP contribution in [-0.2, 0) is 13.0 Å². The van der Waals surface area contributed by atoms with Crippen LogP contribution in [0.15, 0.2) is 16.4 Å². The summed E-state index contributed by atoms with van der Waals surface area (Å²) in [6.45, 7) is 8.07. The van der Waals surface area contributed by atoms with Gasteiger partial charge in [0.2, 0.25) is 0 Å². The molecule has 1 aliphatic heterocycles. The maximum atomic E-state index is 5.77. The first-order valence-electron chi connectivity index (χ1n) is 6.49. The third-order valence-corrected chi connectivity index (χ3v) is 4.04. The van der Waals surface area contributed by atoms with Crippen molar-refractivity contribution in [1.82, 2.24) is 10.2 Å². The minimum Gasteiger partial charge on any atom is -0.370 e. The number of aliphatic imine (C=N–C) groups is 1. The largest absolute Gasteiger partial charge is 0.370 e. The van der Waals surface area contributed by atoms with Crippen LogP contribution in [0.25, 0.3) is 0 Å². The van der Waals surface area contributed by atoms with E-state index < -0.39 is 0 Å². The maximum absolute atomic E-state index is 5.77. The highest BCUT2D eigenvalue weighted by molar-refractivity contribution is 14.0. The molecular formula is C13H23IN4S. The average molecular weight is 394 g/mol. The fourth-order valence-electron chi connectivity index (χ4n) is 2.15. The first kappa shape index (κ1) is 16.7. The standard InChI is InChI=1S/C13H22N4S.HI/c1-10(2)16-13(14)15-5-7-17-6-3-12-11(9-17)4-8-18-12;/h4,8,10H,3,5-7,9H2,1-2H3,(H3,14,15,16);1H. The molecule has 0 saturated heterocycles. The van der Waals surface area contributed by atoms with E-state index in [9.17, 15) is 0 Å². The Hall–Kier alpha value is -0.340. The van der Waals surface area contributed by atoms with Crippen molar-refractivity contribution in [2.75, 3.05) is 19.6 Å². The second kappa shape index (κ2) is 8.06. The molecule has 0 unspecified atom stereocenters. The Kier molecular flexibility index (Phi) is 7.09. The number of fused-ring (bicyclic) bond motifs is 1. The number of guanidine groups is 1. The Labute approximate surface area is 136 Å². The topological polar surface area (TPSA) is 53.6 Å². The van der Waals surface area contributed by atoms with Gasteiger partial charge in [-0.1, -0.05) is 0 Å². The lowest BCUT2D eigenvalue weighted by molar-refractivity contribution is 0.263. The fourth-order valence-corrected chi connectivity index (χ4v) is 3.04. The number of hydrogen-bond donors (Lipinski definition) is 2. The number of nitrogens with zero attached hydrogens (tertiary/aromatic N) is 2. The molecule has 0 spiro atoms. The van der Waals surface area contributed by atoms with Crippen LogP contribution in [0.4, 0.5) is 0 Å². The van der Waals surface area contributed by atoms with Crippen LogP contribution in [0.2, 0.25) is 0 Å². The quantitative estimate of drug-likeness (QED) is 0.467. The molecule has 0 fully saturated rings. The van der Waals surface area contributed by atoms with Crippen LogP contribution in [-0.4, -0.2) is 36.5 Å². The smallest absolute Gasteiger partial charge is 0.188 e. The molecule has 0 aromatic carbocycles. The highest BCUT2D eigenvalue weighted by Crippen LogP contribution is 2.23. The fraction of sp³-hybridized carbons (Fsp3) is 0.615. The third-order valence-electron chi connectivity index (χ3n) is 3.02. The predicted molar refractivity (Wildman–Crippen MR) is 93.5 cm³/mol. The zero-order valence-electron chi connectivity index (χ0n) is 11.6. The molecule has 108 valence electrons. The Morgan fingerprint density at radius 3 is 3.11 bits per heavy atom. The first-order valence-corrected chi connectivity index (χ1v) is 7.37. The summed E-state index contributed by atoms with van der Waals surface area (Å²) in [5.41, 5.74) is 7.26. The average Bonchev–Trinajstić information content (AvgIpc) is 2.75. The summed E-state index contributed by atoms with van der Waals surface area (Å²) < 4.78 is 0. The van der Waals surface area contributed by atoms with Crippen molar-refractivity contribution < 1.29 is 0 Å². The monoisotopic (exact) mass is 394 g/mol. The third kappa shape index (κ3) is 5.27. The molecule has 0 aliphatic carbocycles. The second-order valence-electron chi connectivity index (χ2n) is 4.96. The van der Waals surface area contributed by atoms with Gasteiger partial charge in [0.05, 0.1) is 6.54 Å². The van der Waals surface area contributed by atoms with E-state index in [0.29, 0.717) is 12.0 Å². The Morgan fingerprint density at radius 2 is 2.37 bits per heavy atom. The number of rotatable bonds is 4. The van der Waals surface area contributed by atoms with Crippen LogP contribution in [0, 0.1) is 0 Å². The number of nitrogens with one attached hydrogen (secondary N) is 1. The Bertz CT molecular complexity index is 417. The number of hydrogen-bond acceptors (Lipinski definition) is 3. The minimum absolute atomic E-state index is 0. The first-order chi connectivity index (χ1) is 8.65. The molecule has 0 atom stereocenters. The SMILES string of the molecule is CC(C)NC(N)=NCCN1CCc2sccc2C1.I. The van der Waals surface area contributed by atoms with Gasteiger partial charge < -0.3 is 11.1 Å². The minimum atomic E-state index is 0. The van der Waals surface area contributed by atoms with Gasteiger partial charge in [0.1, 0.15) is 0 Å². The lowest BCUT2D eigenvalue weighted by Gasteiger charge is -2.26. The van der Waals surface area contributed by atoms with E-state index in [1.165, 1.54) is 12.0 Å². The highest BCUT2D eigenvalue weighted by atomic mass is 127. The molecule has 19 heavy (non-hydrogen) atoms. The second-order valence-corrected chi connectivity index (χ2v) is 5.96. The van der Waals surface area contributed by atoms with E-state index in [1.54, 1.807) is 4.88 Å². The zero-order valence-corrected chi connectivity index (χ0v) is 14.7. The highest BCUT2D eigenvalue weighted by Gasteiger charge is 2.16. The molecular weight excluding hydrogens is 371 g/mol. The molecule has 4 nitrogen and oxygen atoms in total. The van der Waals surface area contributed by atoms with Gasteiger partial charge in [-0.15, -0.1) is 35.3 Å². The van der Waals surface area contributed by atoms with Gasteiger partial charge in [-0.25, -0.2) is 0 Å². The van der Waals surface area contributed by atoms with E-state index in [1.807, 2.05) is 11.3 Å². The van der Waals surface area contributed by atoms with Crippen molar-refractivity contribution in [2.45, 2.75) is 32.9 Å². The van der Waals surface area contributed by atoms with Gasteiger partial charge in [0, 0.05) is 30.6 Å². The van der Waals surface area contributed by atoms with Crippen LogP contribution >= 0.6 is 35.3 Å². The summed E-state index contributed by atoms with van der Waals surface area (Å²) in [4.78, 5) is 8.34. The molecule has 1 aromatic heterocycles. The summed E-state index contributed by atoms with van der Waals surface area (Å²) in [6.07, 6.45) is 1.18. The van der Waals surface area contributed by atoms with Crippen molar-refractivity contribution in [3.8, 4) is 0 Å². The molecule has 2 rings (SSSR count). The summed E-state index contributed by atoms with van der Waals surface area (Å²) >= 11 is 1.88. The number of thiophene rings is 1. The van der Waals surface area contributed by atoms with E-state index in [-0.39, 0.29) is 24.0 Å². The molecule has 0 radical (unpaired) electrons. The molecule has 1 aliphatic rings. The predicted octanol–water partition coefficient (Wildman–Crippen LogP) is 2.04. The van der Waals surface area contributed by atoms with Crippen LogP contribution < -0.4 is 11.1 Å². The lowest BCUT2D eigenvalue weighted by Crippen LogP contribution is -2.38. The van der Waals surface area contributed by atoms with E-state index >= 15 is 0 Å². The zero-order chi connectivity index (χ0) is 13.0. The van der Waals surface area contributed by atoms with Crippen LogP contribution in [0.1, 0.15) is 24.3 Å². The molecule has 3 N–H and O–H groups in total. The summed E-state index contributed by atoms with van der Waals surface area (Å²) in [5, 5.41) is 5.29. The molecule has 6 heteroatoms. The summed E-state index contributed by atoms with van der Waals surface area (Å²) in [7, 11) is 0. The van der Waals surface area contributed by atoms with Crippen molar-refractivity contribution in [3.63, 3.8) is 0 Å². The molecule has 0 bridgehead atoms. The van der Waals surface area contributed by atoms with Gasteiger partial charge in [-0.05, 0) is 37.3 Å². The molecule has 0 saturated carbocycles. The number of halogens is 1. The van der Waals surface area contributed by atoms with E-state index in [2.05, 4.69) is 40.5 Å². The molecule has 1 aromatic rings. The van der Waals surface area contributed by atoms with Gasteiger partial charge in [0.25, 0.3) is 0 Å². The van der Waals surface area contributed by atoms with E-state index in [4.69, 9.17) is 5.73 Å². The van der Waals surface area contributed by atoms with Gasteiger partial charge in [-0.3, -0.25) is 9.89 Å². The normalized spacial score (nSPS) is 16.1. The van der Waals surface area contributed by atoms with Gasteiger partial charge in [-0.2, -0.15) is 0 Å². The molecule has 2 heterocycles. The van der Waals surface area contributed by atoms with Crippen molar-refractivity contribution >= 4 is 41.3 Å². The van der Waals surface area contributed by atoms with Gasteiger partial charge in [0.15, 0.2) is 5.96 Å². The van der Waals surface area contributed by atoms with Gasteiger partial charge >= 0.3 is 0 Å². The van der Waals surface area contributed by atoms with Crippen molar-refractivity contribution in [1.29, 1.82) is 0 Å². The van der Waals surface area contributed by atoms with E-state index in [0.717, 1.165) is 26.2 Å². The van der Waals surface area contributed by atoms with Crippen LogP contribution in [0.5, 0.6) is 0 Å². The number of nitrogens with two attached hydrogens (primary N) is 1. The maximum Gasteiger partial charge on any atom is 0.188 e. The van der Waals surface area contributed by atoms with Crippen LogP contribution in [0.3, 0.4) is 0 Å². The summed E-state index contributed by atoms with van der Waals surface area (Å²) in [6, 6.07) is 2.58. The lowest BCUT2D eigenvalue weighted by atomic mass is 10.1. The Balaban J connectivity index is 0.00000180. The summed E-state index contributed by atoms with van der Waals surface area (Å²) in [5.74, 6) is 0.554. The van der Waals surface area contributed by atoms with Crippen molar-refractivity contribution in [3.05, 3.63) is 21.9 Å². The Morgan fingerprint density at radius 1 is 1.58 bits per heavy atom.